The van der Waals surface area contributed by atoms with E-state index in [4.69, 9.17) is 4.42 Å². The minimum atomic E-state index is -0.311. The second-order valence-corrected chi connectivity index (χ2v) is 13.1. The van der Waals surface area contributed by atoms with Crippen LogP contribution in [-0.4, -0.2) is 4.57 Å². The van der Waals surface area contributed by atoms with Crippen molar-refractivity contribution >= 4 is 75.1 Å². The van der Waals surface area contributed by atoms with E-state index in [2.05, 4.69) is 126 Å². The van der Waals surface area contributed by atoms with Gasteiger partial charge in [0.25, 0.3) is 0 Å². The molecule has 4 heteroatoms. The Morgan fingerprint density at radius 2 is 1.17 bits per heavy atom. The summed E-state index contributed by atoms with van der Waals surface area (Å²) in [5.41, 5.74) is 8.33. The van der Waals surface area contributed by atoms with Crippen molar-refractivity contribution in [2.24, 2.45) is 0 Å². The lowest BCUT2D eigenvalue weighted by molar-refractivity contribution is 0.569. The molecule has 0 unspecified atom stereocenters. The van der Waals surface area contributed by atoms with Crippen molar-refractivity contribution in [3.8, 4) is 27.9 Å². The van der Waals surface area contributed by atoms with E-state index in [1.807, 2.05) is 30.3 Å². The molecule has 0 bridgehead atoms. The van der Waals surface area contributed by atoms with Crippen LogP contribution < -0.4 is 5.63 Å². The van der Waals surface area contributed by atoms with E-state index in [1.165, 1.54) is 53.1 Å². The molecule has 0 N–H and O–H groups in total. The van der Waals surface area contributed by atoms with Gasteiger partial charge >= 0.3 is 5.63 Å². The molecular formula is C43H25NO2S. The molecule has 3 heterocycles. The van der Waals surface area contributed by atoms with E-state index in [0.29, 0.717) is 11.0 Å². The van der Waals surface area contributed by atoms with Gasteiger partial charge in [-0.3, -0.25) is 0 Å². The molecule has 3 nitrogen and oxygen atoms in total. The molecule has 0 spiro atoms. The molecule has 47 heavy (non-hydrogen) atoms. The smallest absolute Gasteiger partial charge is 0.344 e. The lowest BCUT2D eigenvalue weighted by atomic mass is 9.95. The first-order valence-electron chi connectivity index (χ1n) is 15.7. The Kier molecular flexibility index (Phi) is 5.60. The molecule has 220 valence electrons. The van der Waals surface area contributed by atoms with Gasteiger partial charge in [0.2, 0.25) is 0 Å². The summed E-state index contributed by atoms with van der Waals surface area (Å²) in [4.78, 5) is 13.1. The van der Waals surface area contributed by atoms with Gasteiger partial charge in [-0.2, -0.15) is 0 Å². The highest BCUT2D eigenvalue weighted by molar-refractivity contribution is 7.26. The Bertz CT molecular complexity index is 2930. The first kappa shape index (κ1) is 26.3. The third-order valence-corrected chi connectivity index (χ3v) is 10.6. The van der Waals surface area contributed by atoms with E-state index >= 15 is 0 Å². The molecule has 7 aromatic carbocycles. The van der Waals surface area contributed by atoms with Gasteiger partial charge < -0.3 is 8.98 Å². The van der Waals surface area contributed by atoms with Crippen LogP contribution in [0.3, 0.4) is 0 Å². The number of aromatic nitrogens is 1. The van der Waals surface area contributed by atoms with E-state index in [0.717, 1.165) is 27.6 Å². The highest BCUT2D eigenvalue weighted by Gasteiger charge is 2.16. The monoisotopic (exact) mass is 619 g/mol. The number of benzene rings is 7. The zero-order chi connectivity index (χ0) is 31.1. The fraction of sp³-hybridized carbons (Fsp3) is 0. The van der Waals surface area contributed by atoms with E-state index in [-0.39, 0.29) is 5.63 Å². The topological polar surface area (TPSA) is 35.1 Å². The van der Waals surface area contributed by atoms with Crippen LogP contribution in [0, 0.1) is 0 Å². The van der Waals surface area contributed by atoms with Crippen molar-refractivity contribution in [1.29, 1.82) is 0 Å². The molecular weight excluding hydrogens is 595 g/mol. The molecule has 10 rings (SSSR count). The van der Waals surface area contributed by atoms with Crippen LogP contribution in [-0.2, 0) is 0 Å². The second kappa shape index (κ2) is 10.0. The number of nitrogens with zero attached hydrogens (tertiary/aromatic N) is 1. The highest BCUT2D eigenvalue weighted by Crippen LogP contribution is 2.43. The predicted molar refractivity (Wildman–Crippen MR) is 198 cm³/mol. The van der Waals surface area contributed by atoms with Crippen molar-refractivity contribution in [3.63, 3.8) is 0 Å². The van der Waals surface area contributed by atoms with Crippen LogP contribution in [0.4, 0.5) is 0 Å². The summed E-state index contributed by atoms with van der Waals surface area (Å²) >= 11 is 1.80. The van der Waals surface area contributed by atoms with E-state index in [1.54, 1.807) is 11.3 Å². The Balaban J connectivity index is 1.16. The number of hydrogen-bond acceptors (Lipinski definition) is 3. The maximum Gasteiger partial charge on any atom is 0.344 e. The van der Waals surface area contributed by atoms with Crippen LogP contribution in [0.2, 0.25) is 0 Å². The Morgan fingerprint density at radius 1 is 0.468 bits per heavy atom. The molecule has 0 aliphatic rings. The fourth-order valence-corrected chi connectivity index (χ4v) is 8.42. The standard InChI is InChI=1S/C43H25NO2S/c45-43-35-25-28(17-20-31(35)33-12-5-7-15-39(33)46-43)30-13-8-16-41-42(30)36-24-27(19-22-40(36)47-41)26-18-21-38-34(23-26)32-11-4-6-14-37(32)44(38)29-9-2-1-3-10-29/h1-25H. The van der Waals surface area contributed by atoms with Crippen molar-refractivity contribution in [2.45, 2.75) is 0 Å². The van der Waals surface area contributed by atoms with Crippen LogP contribution in [0.15, 0.2) is 161 Å². The molecule has 0 aliphatic heterocycles. The molecule has 0 radical (unpaired) electrons. The van der Waals surface area contributed by atoms with Gasteiger partial charge in [-0.05, 0) is 88.3 Å². The SMILES string of the molecule is O=c1oc2ccccc2c2ccc(-c3cccc4sc5ccc(-c6ccc7c(c6)c6ccccc6n7-c6ccccc6)cc5c34)cc12. The van der Waals surface area contributed by atoms with Gasteiger partial charge in [0.15, 0.2) is 0 Å². The Hall–Kier alpha value is -5.97. The minimum Gasteiger partial charge on any atom is -0.422 e. The van der Waals surface area contributed by atoms with Crippen molar-refractivity contribution < 1.29 is 4.42 Å². The number of para-hydroxylation sites is 3. The second-order valence-electron chi connectivity index (χ2n) is 12.1. The van der Waals surface area contributed by atoms with Gasteiger partial charge in [-0.1, -0.05) is 91.0 Å². The van der Waals surface area contributed by atoms with Crippen LogP contribution >= 0.6 is 11.3 Å². The van der Waals surface area contributed by atoms with Crippen molar-refractivity contribution in [3.05, 3.63) is 162 Å². The highest BCUT2D eigenvalue weighted by atomic mass is 32.1. The third kappa shape index (κ3) is 3.95. The zero-order valence-corrected chi connectivity index (χ0v) is 25.9. The summed E-state index contributed by atoms with van der Waals surface area (Å²) in [6.07, 6.45) is 0. The van der Waals surface area contributed by atoms with E-state index in [9.17, 15) is 4.79 Å². The predicted octanol–water partition coefficient (Wildman–Crippen LogP) is 11.7. The van der Waals surface area contributed by atoms with Crippen LogP contribution in [0.1, 0.15) is 0 Å². The van der Waals surface area contributed by atoms with E-state index < -0.39 is 0 Å². The average molecular weight is 620 g/mol. The quantitative estimate of drug-likeness (QED) is 0.146. The van der Waals surface area contributed by atoms with Crippen LogP contribution in [0.25, 0.3) is 91.7 Å². The average Bonchev–Trinajstić information content (AvgIpc) is 3.67. The summed E-state index contributed by atoms with van der Waals surface area (Å²) in [6, 6.07) is 53.2. The molecule has 10 aromatic rings. The summed E-state index contributed by atoms with van der Waals surface area (Å²) in [5.74, 6) is 0. The Labute approximate surface area is 273 Å². The first-order valence-corrected chi connectivity index (χ1v) is 16.5. The minimum absolute atomic E-state index is 0.311. The molecule has 3 aromatic heterocycles. The summed E-state index contributed by atoms with van der Waals surface area (Å²) in [6.45, 7) is 0. The zero-order valence-electron chi connectivity index (χ0n) is 25.1. The normalized spacial score (nSPS) is 11.9. The lowest BCUT2D eigenvalue weighted by Gasteiger charge is -2.09. The largest absolute Gasteiger partial charge is 0.422 e. The lowest BCUT2D eigenvalue weighted by Crippen LogP contribution is -2.00. The molecule has 0 amide bonds. The fourth-order valence-electron chi connectivity index (χ4n) is 7.30. The summed E-state index contributed by atoms with van der Waals surface area (Å²) < 4.78 is 10.5. The number of fused-ring (bicyclic) bond motifs is 9. The maximum atomic E-state index is 13.1. The molecule has 0 aliphatic carbocycles. The molecule has 0 saturated carbocycles. The van der Waals surface area contributed by atoms with Gasteiger partial charge in [0.05, 0.1) is 16.4 Å². The van der Waals surface area contributed by atoms with Gasteiger partial charge in [0, 0.05) is 42.0 Å². The van der Waals surface area contributed by atoms with Gasteiger partial charge in [-0.15, -0.1) is 11.3 Å². The van der Waals surface area contributed by atoms with Crippen molar-refractivity contribution in [1.82, 2.24) is 4.57 Å². The maximum absolute atomic E-state index is 13.1. The first-order chi connectivity index (χ1) is 23.2. The molecule has 0 atom stereocenters. The van der Waals surface area contributed by atoms with Crippen molar-refractivity contribution in [2.75, 3.05) is 0 Å². The number of hydrogen-bond donors (Lipinski definition) is 0. The molecule has 0 saturated heterocycles. The Morgan fingerprint density at radius 3 is 2.06 bits per heavy atom. The third-order valence-electron chi connectivity index (χ3n) is 9.45. The van der Waals surface area contributed by atoms with Gasteiger partial charge in [-0.25, -0.2) is 4.79 Å². The number of rotatable bonds is 3. The van der Waals surface area contributed by atoms with Crippen LogP contribution in [0.5, 0.6) is 0 Å². The van der Waals surface area contributed by atoms with Gasteiger partial charge in [0.1, 0.15) is 5.58 Å². The summed E-state index contributed by atoms with van der Waals surface area (Å²) in [5, 5.41) is 7.36. The summed E-state index contributed by atoms with van der Waals surface area (Å²) in [7, 11) is 0. The number of thiophene rings is 1. The molecule has 0 fully saturated rings.